The van der Waals surface area contributed by atoms with Crippen LogP contribution in [0.4, 0.5) is 0 Å². The standard InChI is InChI=1S/C100H86N8O4.4BrH/c1-13-37-105(38-14-1)45-21-25-49-109-79-53-77(54-80(65-79)110-50-26-22-46-106-39-15-2-16-40-106)95-97-87-61-73-33-9-5-29-69(73)57-83(87)91(101-97)67-93-85-59-71-31-7-11-35-75(71)63-89(85)99(103-93)96(78-55-81(111-51-27-23-47-107-41-17-3-18-42-107)66-82(56-78)112-52-28-24-48-108-43-19-4-20-44-108)100-90-64-76-36-12-8-32-72(76)60-86(90)94(104-100)68-92-84-58-70-30-6-10-34-74(70)62-88(84)98(95)102-92;;;;/h1-20,29-44,53-68,101,104H,21-28,45-52H2;4*1H/q+4;;;;/p-4. The summed E-state index contributed by atoms with van der Waals surface area (Å²) in [5, 5.41) is 13.1. The Balaban J connectivity index is 0.00000264. The second-order valence-electron chi connectivity index (χ2n) is 29.6. The highest BCUT2D eigenvalue weighted by Gasteiger charge is 2.29. The molecule has 2 N–H and O–H groups in total. The Kier molecular flexibility index (Phi) is 25.2. The van der Waals surface area contributed by atoms with Crippen LogP contribution in [0.2, 0.25) is 0 Å². The van der Waals surface area contributed by atoms with Crippen LogP contribution < -0.4 is 105 Å². The van der Waals surface area contributed by atoms with Crippen molar-refractivity contribution in [3.8, 4) is 90.3 Å². The lowest BCUT2D eigenvalue weighted by Gasteiger charge is -2.14. The maximum absolute atomic E-state index is 6.99. The van der Waals surface area contributed by atoms with Gasteiger partial charge in [0.25, 0.3) is 0 Å². The summed E-state index contributed by atoms with van der Waals surface area (Å²) in [4.78, 5) is 20.7. The summed E-state index contributed by atoms with van der Waals surface area (Å²) in [6.45, 7) is 5.67. The van der Waals surface area contributed by atoms with E-state index in [9.17, 15) is 0 Å². The highest BCUT2D eigenvalue weighted by atomic mass is 79.9. The van der Waals surface area contributed by atoms with Crippen molar-refractivity contribution in [2.24, 2.45) is 0 Å². The molecule has 0 saturated heterocycles. The third-order valence-corrected chi connectivity index (χ3v) is 22.0. The number of aromatic nitrogens is 8. The molecular formula is C100H86Br4N8O4. The number of aryl methyl sites for hydroxylation is 4. The van der Waals surface area contributed by atoms with Gasteiger partial charge in [-0.2, -0.15) is 0 Å². The monoisotopic (exact) mass is 1780 g/mol. The third kappa shape index (κ3) is 17.1. The van der Waals surface area contributed by atoms with Crippen LogP contribution in [0.15, 0.2) is 316 Å². The number of aromatic amines is 2. The average molecular weight is 1780 g/mol. The fourth-order valence-electron chi connectivity index (χ4n) is 16.4. The Morgan fingerprint density at radius 3 is 0.793 bits per heavy atom. The summed E-state index contributed by atoms with van der Waals surface area (Å²) in [7, 11) is 0. The molecule has 9 heterocycles. The van der Waals surface area contributed by atoms with E-state index in [1.165, 1.54) is 0 Å². The third-order valence-electron chi connectivity index (χ3n) is 22.0. The number of fused-ring (bicyclic) bond motifs is 24. The first-order chi connectivity index (χ1) is 55.5. The molecule has 2 aliphatic rings. The van der Waals surface area contributed by atoms with Crippen molar-refractivity contribution in [1.82, 2.24) is 19.9 Å². The number of benzene rings is 10. The Hall–Kier alpha value is -11.4. The smallest absolute Gasteiger partial charge is 0.168 e. The van der Waals surface area contributed by atoms with Gasteiger partial charge in [0.1, 0.15) is 49.2 Å². The predicted molar refractivity (Wildman–Crippen MR) is 451 cm³/mol. The number of ether oxygens (including phenoxy) is 4. The maximum atomic E-state index is 6.99. The number of unbranched alkanes of at least 4 members (excludes halogenated alkanes) is 4. The number of nitrogens with one attached hydrogen (secondary N) is 2. The Morgan fingerprint density at radius 2 is 0.509 bits per heavy atom. The minimum Gasteiger partial charge on any atom is -1.00 e. The van der Waals surface area contributed by atoms with Gasteiger partial charge in [-0.1, -0.05) is 121 Å². The minimum absolute atomic E-state index is 0. The average Bonchev–Trinajstić information content (AvgIpc) is 1.56. The van der Waals surface area contributed by atoms with E-state index in [4.69, 9.17) is 28.9 Å². The first-order valence-corrected chi connectivity index (χ1v) is 39.6. The highest BCUT2D eigenvalue weighted by Crippen LogP contribution is 2.51. The van der Waals surface area contributed by atoms with E-state index in [2.05, 4.69) is 345 Å². The molecule has 0 amide bonds. The van der Waals surface area contributed by atoms with Crippen molar-refractivity contribution in [2.75, 3.05) is 26.4 Å². The fourth-order valence-corrected chi connectivity index (χ4v) is 16.4. The quantitative estimate of drug-likeness (QED) is 0.0413. The van der Waals surface area contributed by atoms with Gasteiger partial charge in [-0.3, -0.25) is 0 Å². The molecule has 12 nitrogen and oxygen atoms in total. The first kappa shape index (κ1) is 79.8. The molecule has 10 aromatic carbocycles. The van der Waals surface area contributed by atoms with Crippen molar-refractivity contribution < 1.29 is 105 Å². The lowest BCUT2D eigenvalue weighted by atomic mass is 9.93. The summed E-state index contributed by atoms with van der Waals surface area (Å²) < 4.78 is 36.9. The maximum Gasteiger partial charge on any atom is 0.168 e. The summed E-state index contributed by atoms with van der Waals surface area (Å²) in [6, 6.07) is 96.1. The van der Waals surface area contributed by atoms with Gasteiger partial charge in [-0.05, 0) is 165 Å². The van der Waals surface area contributed by atoms with E-state index < -0.39 is 0 Å². The molecule has 2 aliphatic heterocycles. The van der Waals surface area contributed by atoms with Crippen LogP contribution in [0, 0.1) is 0 Å². The molecule has 16 heteroatoms. The zero-order chi connectivity index (χ0) is 74.5. The van der Waals surface area contributed by atoms with Crippen LogP contribution in [0.1, 0.15) is 51.4 Å². The minimum atomic E-state index is 0. The number of nitrogens with zero attached hydrogens (tertiary/aromatic N) is 6. The molecule has 7 aromatic heterocycles. The van der Waals surface area contributed by atoms with E-state index in [-0.39, 0.29) is 67.9 Å². The van der Waals surface area contributed by atoms with Gasteiger partial charge in [0.2, 0.25) is 0 Å². The van der Waals surface area contributed by atoms with Crippen LogP contribution in [-0.2, 0) is 26.2 Å². The van der Waals surface area contributed by atoms with Crippen LogP contribution in [0.25, 0.3) is 154 Å². The van der Waals surface area contributed by atoms with Crippen molar-refractivity contribution in [2.45, 2.75) is 77.5 Å². The lowest BCUT2D eigenvalue weighted by molar-refractivity contribution is -0.697. The Morgan fingerprint density at radius 1 is 0.250 bits per heavy atom. The number of halogens is 4. The van der Waals surface area contributed by atoms with Crippen molar-refractivity contribution in [1.29, 1.82) is 0 Å². The normalized spacial score (nSPS) is 11.4. The molecule has 0 aliphatic carbocycles. The van der Waals surface area contributed by atoms with Crippen LogP contribution in [0.5, 0.6) is 23.0 Å². The molecule has 8 bridgehead atoms. The highest BCUT2D eigenvalue weighted by molar-refractivity contribution is 6.21. The summed E-state index contributed by atoms with van der Waals surface area (Å²) in [5.74, 6) is 2.90. The van der Waals surface area contributed by atoms with Crippen molar-refractivity contribution in [3.63, 3.8) is 0 Å². The second-order valence-corrected chi connectivity index (χ2v) is 29.6. The van der Waals surface area contributed by atoms with E-state index in [1.54, 1.807) is 0 Å². The zero-order valence-electron chi connectivity index (χ0n) is 64.2. The molecule has 578 valence electrons. The van der Waals surface area contributed by atoms with Crippen LogP contribution in [0.3, 0.4) is 0 Å². The largest absolute Gasteiger partial charge is 1.00 e. The van der Waals surface area contributed by atoms with E-state index in [1.807, 2.05) is 0 Å². The van der Waals surface area contributed by atoms with Crippen molar-refractivity contribution >= 4 is 86.7 Å². The lowest BCUT2D eigenvalue weighted by Crippen LogP contribution is -3.00. The van der Waals surface area contributed by atoms with Gasteiger partial charge in [0, 0.05) is 152 Å². The van der Waals surface area contributed by atoms with Crippen LogP contribution >= 0.6 is 0 Å². The van der Waals surface area contributed by atoms with Crippen LogP contribution in [-0.4, -0.2) is 46.4 Å². The Bertz CT molecular complexity index is 6040. The van der Waals surface area contributed by atoms with Gasteiger partial charge in [-0.25, -0.2) is 28.2 Å². The summed E-state index contributed by atoms with van der Waals surface area (Å²) >= 11 is 0. The number of hydrogen-bond acceptors (Lipinski definition) is 6. The Labute approximate surface area is 716 Å². The SMILES string of the molecule is [Br-].[Br-].[Br-].[Br-].c1cc[n+](CCCCOc2cc(OCCCC[n+]3ccccc3)cc(-c3c4nc(cc5[nH]c(c(-c6cc(OCCCC[n+]7ccccc7)cc(OCCCC[n+]7ccccc7)c6)c6nc(cc7[nH]c3c3cc8ccccc8cc73)-c3cc7ccccc7cc3-6)c3cc6ccccc6cc53)-c3cc5ccccc5cc3-4)c2)cc1. The molecule has 0 fully saturated rings. The van der Waals surface area contributed by atoms with Gasteiger partial charge >= 0.3 is 0 Å². The zero-order valence-corrected chi connectivity index (χ0v) is 70.5. The molecule has 0 radical (unpaired) electrons. The molecule has 0 spiro atoms. The summed E-state index contributed by atoms with van der Waals surface area (Å²) in [6.07, 6.45) is 24.3. The van der Waals surface area contributed by atoms with Gasteiger partial charge in [0.05, 0.1) is 60.2 Å². The topological polar surface area (TPSA) is 110 Å². The fraction of sp³-hybridized carbons (Fsp3) is 0.160. The molecule has 0 saturated carbocycles. The molecule has 19 rings (SSSR count). The predicted octanol–water partition coefficient (Wildman–Crippen LogP) is 9.84. The molecule has 17 aromatic rings. The number of H-pyrrole nitrogens is 2. The molecule has 0 atom stereocenters. The number of pyridine rings is 4. The number of rotatable bonds is 26. The van der Waals surface area contributed by atoms with E-state index in [0.717, 1.165) is 255 Å². The van der Waals surface area contributed by atoms with Gasteiger partial charge in [0.15, 0.2) is 49.6 Å². The summed E-state index contributed by atoms with van der Waals surface area (Å²) in [5.41, 5.74) is 14.7. The van der Waals surface area contributed by atoms with E-state index in [0.29, 0.717) is 26.4 Å². The molecule has 116 heavy (non-hydrogen) atoms. The number of hydrogen-bond donors (Lipinski definition) is 2. The van der Waals surface area contributed by atoms with E-state index >= 15 is 0 Å². The molecule has 0 unspecified atom stereocenters. The second kappa shape index (κ2) is 36.6. The van der Waals surface area contributed by atoms with Crippen molar-refractivity contribution in [3.05, 3.63) is 316 Å². The van der Waals surface area contributed by atoms with Gasteiger partial charge < -0.3 is 96.8 Å². The first-order valence-electron chi connectivity index (χ1n) is 39.6. The molecular weight excluding hydrogens is 1700 g/mol. The van der Waals surface area contributed by atoms with Gasteiger partial charge in [-0.15, -0.1) is 0 Å².